The van der Waals surface area contributed by atoms with Crippen LogP contribution in [0.4, 0.5) is 0 Å². The maximum absolute atomic E-state index is 12.5. The SMILES string of the molecule is Cc1ccc([C@H](CN2CCOCC2)NC(=O)COc2cccc(Br)c2)cc1. The lowest BCUT2D eigenvalue weighted by Gasteiger charge is -2.31. The van der Waals surface area contributed by atoms with Crippen LogP contribution in [0.2, 0.25) is 0 Å². The highest BCUT2D eigenvalue weighted by Gasteiger charge is 2.20. The van der Waals surface area contributed by atoms with Gasteiger partial charge in [0.15, 0.2) is 6.61 Å². The van der Waals surface area contributed by atoms with Crippen molar-refractivity contribution in [3.63, 3.8) is 0 Å². The summed E-state index contributed by atoms with van der Waals surface area (Å²) in [6.45, 7) is 6.04. The number of hydrogen-bond donors (Lipinski definition) is 1. The molecular weight excluding hydrogens is 408 g/mol. The van der Waals surface area contributed by atoms with E-state index in [1.807, 2.05) is 24.3 Å². The molecule has 0 aromatic heterocycles. The number of benzene rings is 2. The van der Waals surface area contributed by atoms with E-state index < -0.39 is 0 Å². The summed E-state index contributed by atoms with van der Waals surface area (Å²) in [7, 11) is 0. The summed E-state index contributed by atoms with van der Waals surface area (Å²) in [5.74, 6) is 0.536. The molecule has 3 rings (SSSR count). The Hall–Kier alpha value is -1.89. The third-order valence-electron chi connectivity index (χ3n) is 4.53. The van der Waals surface area contributed by atoms with Crippen molar-refractivity contribution in [2.45, 2.75) is 13.0 Å². The van der Waals surface area contributed by atoms with Crippen molar-refractivity contribution >= 4 is 21.8 Å². The molecular formula is C21H25BrN2O3. The molecule has 1 atom stereocenters. The second-order valence-electron chi connectivity index (χ2n) is 6.69. The molecule has 1 amide bonds. The fourth-order valence-corrected chi connectivity index (χ4v) is 3.39. The van der Waals surface area contributed by atoms with Gasteiger partial charge in [0.05, 0.1) is 19.3 Å². The molecule has 0 radical (unpaired) electrons. The smallest absolute Gasteiger partial charge is 0.258 e. The van der Waals surface area contributed by atoms with Gasteiger partial charge in [0, 0.05) is 24.1 Å². The molecule has 5 nitrogen and oxygen atoms in total. The fraction of sp³-hybridized carbons (Fsp3) is 0.381. The molecule has 1 fully saturated rings. The minimum Gasteiger partial charge on any atom is -0.484 e. The van der Waals surface area contributed by atoms with Crippen LogP contribution in [0.1, 0.15) is 17.2 Å². The second-order valence-corrected chi connectivity index (χ2v) is 7.61. The van der Waals surface area contributed by atoms with Gasteiger partial charge in [-0.15, -0.1) is 0 Å². The minimum atomic E-state index is -0.131. The van der Waals surface area contributed by atoms with Gasteiger partial charge >= 0.3 is 0 Å². The molecule has 2 aromatic carbocycles. The number of ether oxygens (including phenoxy) is 2. The van der Waals surface area contributed by atoms with Gasteiger partial charge in [0.1, 0.15) is 5.75 Å². The van der Waals surface area contributed by atoms with Gasteiger partial charge in [-0.3, -0.25) is 9.69 Å². The summed E-state index contributed by atoms with van der Waals surface area (Å²) in [6, 6.07) is 15.7. The molecule has 1 heterocycles. The standard InChI is InChI=1S/C21H25BrN2O3/c1-16-5-7-17(8-6-16)20(14-24-9-11-26-12-10-24)23-21(25)15-27-19-4-2-3-18(22)13-19/h2-8,13,20H,9-12,14-15H2,1H3,(H,23,25)/t20-/m0/s1. The third-order valence-corrected chi connectivity index (χ3v) is 5.02. The second kappa shape index (κ2) is 9.88. The van der Waals surface area contributed by atoms with Gasteiger partial charge in [-0.05, 0) is 30.7 Å². The molecule has 1 N–H and O–H groups in total. The number of nitrogens with one attached hydrogen (secondary N) is 1. The van der Waals surface area contributed by atoms with E-state index in [2.05, 4.69) is 57.3 Å². The lowest BCUT2D eigenvalue weighted by Crippen LogP contribution is -2.44. The van der Waals surface area contributed by atoms with E-state index in [0.29, 0.717) is 5.75 Å². The first-order valence-corrected chi connectivity index (χ1v) is 9.94. The predicted molar refractivity (Wildman–Crippen MR) is 109 cm³/mol. The van der Waals surface area contributed by atoms with Crippen LogP contribution >= 0.6 is 15.9 Å². The maximum Gasteiger partial charge on any atom is 0.258 e. The Kier molecular flexibility index (Phi) is 7.26. The molecule has 0 spiro atoms. The van der Waals surface area contributed by atoms with E-state index in [4.69, 9.17) is 9.47 Å². The van der Waals surface area contributed by atoms with E-state index in [1.165, 1.54) is 5.56 Å². The topological polar surface area (TPSA) is 50.8 Å². The van der Waals surface area contributed by atoms with Crippen LogP contribution in [0.15, 0.2) is 53.0 Å². The van der Waals surface area contributed by atoms with Crippen LogP contribution in [0.5, 0.6) is 5.75 Å². The van der Waals surface area contributed by atoms with E-state index in [1.54, 1.807) is 0 Å². The number of carbonyl (C=O) groups excluding carboxylic acids is 1. The Bertz CT molecular complexity index is 745. The number of aryl methyl sites for hydroxylation is 1. The van der Waals surface area contributed by atoms with Gasteiger partial charge in [-0.2, -0.15) is 0 Å². The van der Waals surface area contributed by atoms with Crippen LogP contribution in [-0.4, -0.2) is 50.3 Å². The molecule has 0 saturated carbocycles. The summed E-state index contributed by atoms with van der Waals surface area (Å²) in [5.41, 5.74) is 2.30. The summed E-state index contributed by atoms with van der Waals surface area (Å²) in [6.07, 6.45) is 0. The fourth-order valence-electron chi connectivity index (χ4n) is 3.02. The summed E-state index contributed by atoms with van der Waals surface area (Å²) >= 11 is 3.40. The Balaban J connectivity index is 1.62. The van der Waals surface area contributed by atoms with Crippen LogP contribution < -0.4 is 10.1 Å². The van der Waals surface area contributed by atoms with Crippen LogP contribution in [-0.2, 0) is 9.53 Å². The number of morpholine rings is 1. The number of nitrogens with zero attached hydrogens (tertiary/aromatic N) is 1. The summed E-state index contributed by atoms with van der Waals surface area (Å²) in [5, 5.41) is 3.13. The van der Waals surface area contributed by atoms with Gasteiger partial charge in [0.2, 0.25) is 0 Å². The van der Waals surface area contributed by atoms with Crippen molar-refractivity contribution in [2.24, 2.45) is 0 Å². The first kappa shape index (κ1) is 19.9. The van der Waals surface area contributed by atoms with Gasteiger partial charge in [0.25, 0.3) is 5.91 Å². The quantitative estimate of drug-likeness (QED) is 0.728. The molecule has 6 heteroatoms. The highest BCUT2D eigenvalue weighted by molar-refractivity contribution is 9.10. The maximum atomic E-state index is 12.5. The van der Waals surface area contributed by atoms with E-state index in [0.717, 1.165) is 42.9 Å². The lowest BCUT2D eigenvalue weighted by atomic mass is 10.0. The molecule has 0 bridgehead atoms. The number of carbonyl (C=O) groups is 1. The predicted octanol–water partition coefficient (Wildman–Crippen LogP) is 3.33. The Labute approximate surface area is 168 Å². The Morgan fingerprint density at radius 2 is 1.96 bits per heavy atom. The molecule has 1 aliphatic rings. The van der Waals surface area contributed by atoms with E-state index in [9.17, 15) is 4.79 Å². The zero-order valence-corrected chi connectivity index (χ0v) is 17.1. The van der Waals surface area contributed by atoms with Gasteiger partial charge in [-0.1, -0.05) is 51.8 Å². The normalized spacial score (nSPS) is 15.9. The zero-order chi connectivity index (χ0) is 19.1. The molecule has 1 aliphatic heterocycles. The lowest BCUT2D eigenvalue weighted by molar-refractivity contribution is -0.124. The number of halogens is 1. The Morgan fingerprint density at radius 3 is 2.67 bits per heavy atom. The monoisotopic (exact) mass is 432 g/mol. The number of hydrogen-bond acceptors (Lipinski definition) is 4. The summed E-state index contributed by atoms with van der Waals surface area (Å²) < 4.78 is 12.0. The molecule has 0 unspecified atom stereocenters. The van der Waals surface area contributed by atoms with Crippen molar-refractivity contribution in [3.05, 3.63) is 64.1 Å². The first-order valence-electron chi connectivity index (χ1n) is 9.14. The van der Waals surface area contributed by atoms with Gasteiger partial charge < -0.3 is 14.8 Å². The molecule has 27 heavy (non-hydrogen) atoms. The molecule has 2 aromatic rings. The van der Waals surface area contributed by atoms with Gasteiger partial charge in [-0.25, -0.2) is 0 Å². The largest absolute Gasteiger partial charge is 0.484 e. The third kappa shape index (κ3) is 6.34. The van der Waals surface area contributed by atoms with Crippen molar-refractivity contribution < 1.29 is 14.3 Å². The van der Waals surface area contributed by atoms with Crippen LogP contribution in [0.25, 0.3) is 0 Å². The van der Waals surface area contributed by atoms with Crippen molar-refractivity contribution in [3.8, 4) is 5.75 Å². The van der Waals surface area contributed by atoms with Crippen molar-refractivity contribution in [1.29, 1.82) is 0 Å². The van der Waals surface area contributed by atoms with Crippen molar-refractivity contribution in [1.82, 2.24) is 10.2 Å². The molecule has 0 aliphatic carbocycles. The average Bonchev–Trinajstić information content (AvgIpc) is 2.67. The van der Waals surface area contributed by atoms with Crippen LogP contribution in [0.3, 0.4) is 0 Å². The highest BCUT2D eigenvalue weighted by atomic mass is 79.9. The van der Waals surface area contributed by atoms with Crippen LogP contribution in [0, 0.1) is 6.92 Å². The van der Waals surface area contributed by atoms with E-state index in [-0.39, 0.29) is 18.6 Å². The van der Waals surface area contributed by atoms with Crippen molar-refractivity contribution in [2.75, 3.05) is 39.5 Å². The molecule has 1 saturated heterocycles. The highest BCUT2D eigenvalue weighted by Crippen LogP contribution is 2.19. The minimum absolute atomic E-state index is 0.0120. The average molecular weight is 433 g/mol. The first-order chi connectivity index (χ1) is 13.1. The number of rotatable bonds is 7. The number of amides is 1. The zero-order valence-electron chi connectivity index (χ0n) is 15.5. The van der Waals surface area contributed by atoms with E-state index >= 15 is 0 Å². The summed E-state index contributed by atoms with van der Waals surface area (Å²) in [4.78, 5) is 14.8. The molecule has 144 valence electrons. The Morgan fingerprint density at radius 1 is 1.22 bits per heavy atom.